The first-order chi connectivity index (χ1) is 11.9. The largest absolute Gasteiger partial charge is 0.493 e. The summed E-state index contributed by atoms with van der Waals surface area (Å²) in [7, 11) is 0.909. The first-order valence-electron chi connectivity index (χ1n) is 7.46. The minimum Gasteiger partial charge on any atom is -0.493 e. The van der Waals surface area contributed by atoms with E-state index >= 15 is 0 Å². The fraction of sp³-hybridized carbons (Fsp3) is 0.294. The highest BCUT2D eigenvalue weighted by atomic mass is 35.5. The lowest BCUT2D eigenvalue weighted by Gasteiger charge is -2.14. The molecular formula is C17H20ClNO5S. The molecule has 0 aliphatic rings. The SMILES string of the molecule is COc1cc(CCNS(=O)(=O)c2ccccc2Cl)cc(OC)c1OC. The van der Waals surface area contributed by atoms with Gasteiger partial charge in [0, 0.05) is 6.54 Å². The summed E-state index contributed by atoms with van der Waals surface area (Å²) in [5.41, 5.74) is 0.844. The second kappa shape index (κ2) is 8.42. The van der Waals surface area contributed by atoms with Crippen LogP contribution in [-0.4, -0.2) is 36.3 Å². The lowest BCUT2D eigenvalue weighted by molar-refractivity contribution is 0.324. The number of hydrogen-bond acceptors (Lipinski definition) is 5. The first-order valence-corrected chi connectivity index (χ1v) is 9.32. The highest BCUT2D eigenvalue weighted by Crippen LogP contribution is 2.38. The number of nitrogens with one attached hydrogen (secondary N) is 1. The molecule has 0 bridgehead atoms. The van der Waals surface area contributed by atoms with Crippen molar-refractivity contribution < 1.29 is 22.6 Å². The van der Waals surface area contributed by atoms with Gasteiger partial charge in [-0.15, -0.1) is 0 Å². The molecule has 8 heteroatoms. The second-order valence-electron chi connectivity index (χ2n) is 5.11. The average Bonchev–Trinajstić information content (AvgIpc) is 2.60. The minimum atomic E-state index is -3.67. The number of sulfonamides is 1. The predicted molar refractivity (Wildman–Crippen MR) is 96.4 cm³/mol. The second-order valence-corrected chi connectivity index (χ2v) is 7.25. The highest BCUT2D eigenvalue weighted by Gasteiger charge is 2.17. The van der Waals surface area contributed by atoms with Crippen LogP contribution in [0.25, 0.3) is 0 Å². The number of rotatable bonds is 8. The van der Waals surface area contributed by atoms with Crippen LogP contribution in [0.3, 0.4) is 0 Å². The van der Waals surface area contributed by atoms with Crippen LogP contribution in [0.4, 0.5) is 0 Å². The van der Waals surface area contributed by atoms with Gasteiger partial charge in [0.15, 0.2) is 11.5 Å². The van der Waals surface area contributed by atoms with E-state index in [4.69, 9.17) is 25.8 Å². The molecule has 0 atom stereocenters. The lowest BCUT2D eigenvalue weighted by Crippen LogP contribution is -2.26. The summed E-state index contributed by atoms with van der Waals surface area (Å²) in [6.07, 6.45) is 0.445. The van der Waals surface area contributed by atoms with Gasteiger partial charge in [-0.3, -0.25) is 0 Å². The number of hydrogen-bond donors (Lipinski definition) is 1. The van der Waals surface area contributed by atoms with E-state index in [-0.39, 0.29) is 16.5 Å². The van der Waals surface area contributed by atoms with Crippen LogP contribution in [0.5, 0.6) is 17.2 Å². The van der Waals surface area contributed by atoms with Crippen molar-refractivity contribution >= 4 is 21.6 Å². The van der Waals surface area contributed by atoms with Crippen molar-refractivity contribution in [3.8, 4) is 17.2 Å². The molecule has 2 aromatic carbocycles. The van der Waals surface area contributed by atoms with Crippen molar-refractivity contribution in [1.29, 1.82) is 0 Å². The topological polar surface area (TPSA) is 73.9 Å². The Morgan fingerprint density at radius 1 is 1.00 bits per heavy atom. The molecule has 1 N–H and O–H groups in total. The van der Waals surface area contributed by atoms with Gasteiger partial charge >= 0.3 is 0 Å². The van der Waals surface area contributed by atoms with Crippen molar-refractivity contribution in [2.24, 2.45) is 0 Å². The van der Waals surface area contributed by atoms with E-state index in [1.807, 2.05) is 0 Å². The molecule has 136 valence electrons. The lowest BCUT2D eigenvalue weighted by atomic mass is 10.1. The maximum absolute atomic E-state index is 12.3. The van der Waals surface area contributed by atoms with Gasteiger partial charge in [0.2, 0.25) is 15.8 Å². The highest BCUT2D eigenvalue weighted by molar-refractivity contribution is 7.89. The Bertz CT molecular complexity index is 814. The third-order valence-corrected chi connectivity index (χ3v) is 5.52. The molecule has 0 amide bonds. The molecule has 25 heavy (non-hydrogen) atoms. The molecule has 0 heterocycles. The third kappa shape index (κ3) is 4.56. The Hall–Kier alpha value is -1.96. The van der Waals surface area contributed by atoms with Gasteiger partial charge in [0.1, 0.15) is 4.90 Å². The van der Waals surface area contributed by atoms with Crippen LogP contribution in [0, 0.1) is 0 Å². The molecule has 2 aromatic rings. The maximum atomic E-state index is 12.3. The van der Waals surface area contributed by atoms with Gasteiger partial charge in [-0.2, -0.15) is 0 Å². The van der Waals surface area contributed by atoms with Gasteiger partial charge in [0.05, 0.1) is 26.4 Å². The van der Waals surface area contributed by atoms with Gasteiger partial charge in [-0.1, -0.05) is 23.7 Å². The monoisotopic (exact) mass is 385 g/mol. The molecule has 0 saturated heterocycles. The van der Waals surface area contributed by atoms with E-state index in [2.05, 4.69) is 4.72 Å². The molecule has 0 fully saturated rings. The number of halogens is 1. The number of methoxy groups -OCH3 is 3. The van der Waals surface area contributed by atoms with E-state index < -0.39 is 10.0 Å². The molecule has 2 rings (SSSR count). The van der Waals surface area contributed by atoms with E-state index in [0.717, 1.165) is 5.56 Å². The number of ether oxygens (including phenoxy) is 3. The maximum Gasteiger partial charge on any atom is 0.242 e. The summed E-state index contributed by atoms with van der Waals surface area (Å²) >= 11 is 5.95. The Morgan fingerprint density at radius 3 is 2.12 bits per heavy atom. The Morgan fingerprint density at radius 2 is 1.60 bits per heavy atom. The molecule has 0 aliphatic heterocycles. The minimum absolute atomic E-state index is 0.0570. The van der Waals surface area contributed by atoms with E-state index in [1.165, 1.54) is 33.5 Å². The zero-order valence-corrected chi connectivity index (χ0v) is 15.8. The van der Waals surface area contributed by atoms with Crippen LogP contribution in [0.15, 0.2) is 41.3 Å². The Kier molecular flexibility index (Phi) is 6.52. The van der Waals surface area contributed by atoms with Gasteiger partial charge in [-0.05, 0) is 36.2 Å². The summed E-state index contributed by atoms with van der Waals surface area (Å²) < 4.78 is 43.0. The number of benzene rings is 2. The van der Waals surface area contributed by atoms with Crippen LogP contribution in [0.2, 0.25) is 5.02 Å². The summed E-state index contributed by atoms with van der Waals surface area (Å²) in [4.78, 5) is 0.0570. The van der Waals surface area contributed by atoms with Crippen molar-refractivity contribution in [3.05, 3.63) is 47.0 Å². The normalized spacial score (nSPS) is 11.2. The average molecular weight is 386 g/mol. The molecule has 0 unspecified atom stereocenters. The molecule has 6 nitrogen and oxygen atoms in total. The summed E-state index contributed by atoms with van der Waals surface area (Å²) in [5, 5.41) is 0.183. The molecule has 0 aliphatic carbocycles. The smallest absolute Gasteiger partial charge is 0.242 e. The molecular weight excluding hydrogens is 366 g/mol. The van der Waals surface area contributed by atoms with Crippen LogP contribution in [-0.2, 0) is 16.4 Å². The zero-order valence-electron chi connectivity index (χ0n) is 14.2. The van der Waals surface area contributed by atoms with Gasteiger partial charge in [0.25, 0.3) is 0 Å². The fourth-order valence-electron chi connectivity index (χ4n) is 2.35. The van der Waals surface area contributed by atoms with E-state index in [1.54, 1.807) is 24.3 Å². The standard InChI is InChI=1S/C17H20ClNO5S/c1-22-14-10-12(11-15(23-2)17(14)24-3)8-9-19-25(20,21)16-7-5-4-6-13(16)18/h4-7,10-11,19H,8-9H2,1-3H3. The quantitative estimate of drug-likeness (QED) is 0.756. The Balaban J connectivity index is 2.13. The van der Waals surface area contributed by atoms with E-state index in [9.17, 15) is 8.42 Å². The predicted octanol–water partition coefficient (Wildman–Crippen LogP) is 2.89. The fourth-order valence-corrected chi connectivity index (χ4v) is 3.90. The zero-order chi connectivity index (χ0) is 18.4. The summed E-state index contributed by atoms with van der Waals surface area (Å²) in [6, 6.07) is 9.87. The van der Waals surface area contributed by atoms with Crippen molar-refractivity contribution in [2.45, 2.75) is 11.3 Å². The molecule has 0 aromatic heterocycles. The van der Waals surface area contributed by atoms with Crippen LogP contribution >= 0.6 is 11.6 Å². The van der Waals surface area contributed by atoms with Crippen molar-refractivity contribution in [2.75, 3.05) is 27.9 Å². The van der Waals surface area contributed by atoms with Crippen LogP contribution in [0.1, 0.15) is 5.56 Å². The molecule has 0 radical (unpaired) electrons. The van der Waals surface area contributed by atoms with Crippen LogP contribution < -0.4 is 18.9 Å². The van der Waals surface area contributed by atoms with Gasteiger partial charge in [-0.25, -0.2) is 13.1 Å². The third-order valence-electron chi connectivity index (χ3n) is 3.56. The van der Waals surface area contributed by atoms with Crippen molar-refractivity contribution in [1.82, 2.24) is 4.72 Å². The molecule has 0 saturated carbocycles. The first kappa shape index (κ1) is 19.4. The summed E-state index contributed by atoms with van der Waals surface area (Å²) in [6.45, 7) is 0.201. The van der Waals surface area contributed by atoms with Gasteiger partial charge < -0.3 is 14.2 Å². The Labute approximate surface area is 152 Å². The summed E-state index contributed by atoms with van der Waals surface area (Å²) in [5.74, 6) is 1.53. The van der Waals surface area contributed by atoms with Crippen molar-refractivity contribution in [3.63, 3.8) is 0 Å². The van der Waals surface area contributed by atoms with E-state index in [0.29, 0.717) is 23.7 Å². The molecule has 0 spiro atoms.